The first kappa shape index (κ1) is 15.8. The lowest BCUT2D eigenvalue weighted by Gasteiger charge is -2.37. The Balaban J connectivity index is 2.10. The summed E-state index contributed by atoms with van der Waals surface area (Å²) in [5.41, 5.74) is 2.74. The molecular weight excluding hydrogens is 316 g/mol. The third kappa shape index (κ3) is 4.21. The molecule has 0 saturated carbocycles. The van der Waals surface area contributed by atoms with Gasteiger partial charge in [0.15, 0.2) is 0 Å². The predicted molar refractivity (Wildman–Crippen MR) is 88.4 cm³/mol. The van der Waals surface area contributed by atoms with E-state index < -0.39 is 0 Å². The lowest BCUT2D eigenvalue weighted by atomic mass is 10.0. The highest BCUT2D eigenvalue weighted by Crippen LogP contribution is 2.30. The van der Waals surface area contributed by atoms with Gasteiger partial charge in [0.2, 0.25) is 0 Å². The summed E-state index contributed by atoms with van der Waals surface area (Å²) in [6.45, 7) is 6.04. The van der Waals surface area contributed by atoms with Gasteiger partial charge in [0, 0.05) is 42.9 Å². The Kier molecular flexibility index (Phi) is 6.33. The van der Waals surface area contributed by atoms with Gasteiger partial charge in [0.25, 0.3) is 0 Å². The minimum atomic E-state index is 0.641. The van der Waals surface area contributed by atoms with Gasteiger partial charge < -0.3 is 15.0 Å². The molecule has 4 heteroatoms. The molecule has 0 aliphatic carbocycles. The highest BCUT2D eigenvalue weighted by atomic mass is 79.9. The van der Waals surface area contributed by atoms with Gasteiger partial charge in [-0.3, -0.25) is 0 Å². The second-order valence-electron chi connectivity index (χ2n) is 5.48. The first-order valence-corrected chi connectivity index (χ1v) is 8.26. The van der Waals surface area contributed by atoms with E-state index in [0.717, 1.165) is 24.2 Å². The van der Waals surface area contributed by atoms with E-state index in [0.29, 0.717) is 6.04 Å². The van der Waals surface area contributed by atoms with Crippen LogP contribution in [0.4, 0.5) is 5.69 Å². The molecule has 1 aliphatic rings. The zero-order valence-corrected chi connectivity index (χ0v) is 14.1. The predicted octanol–water partition coefficient (Wildman–Crippen LogP) is 3.56. The minimum Gasteiger partial charge on any atom is -0.383 e. The van der Waals surface area contributed by atoms with Crippen molar-refractivity contribution in [2.75, 3.05) is 31.7 Å². The van der Waals surface area contributed by atoms with E-state index in [1.54, 1.807) is 7.11 Å². The molecule has 0 amide bonds. The van der Waals surface area contributed by atoms with Gasteiger partial charge in [0.1, 0.15) is 0 Å². The number of nitrogens with zero attached hydrogens (tertiary/aromatic N) is 1. The monoisotopic (exact) mass is 340 g/mol. The average molecular weight is 341 g/mol. The number of hydrogen-bond acceptors (Lipinski definition) is 3. The number of rotatable bonds is 6. The molecule has 0 aromatic heterocycles. The van der Waals surface area contributed by atoms with Gasteiger partial charge in [-0.05, 0) is 49.9 Å². The Morgan fingerprint density at radius 2 is 2.25 bits per heavy atom. The molecule has 1 fully saturated rings. The van der Waals surface area contributed by atoms with Crippen molar-refractivity contribution in [1.82, 2.24) is 5.32 Å². The minimum absolute atomic E-state index is 0.641. The fraction of sp³-hybridized carbons (Fsp3) is 0.625. The van der Waals surface area contributed by atoms with Crippen molar-refractivity contribution in [1.29, 1.82) is 0 Å². The van der Waals surface area contributed by atoms with Crippen LogP contribution in [0, 0.1) is 0 Å². The van der Waals surface area contributed by atoms with Crippen LogP contribution >= 0.6 is 15.9 Å². The Labute approximate surface area is 130 Å². The zero-order valence-electron chi connectivity index (χ0n) is 12.5. The molecule has 1 unspecified atom stereocenters. The van der Waals surface area contributed by atoms with E-state index in [2.05, 4.69) is 51.3 Å². The smallest absolute Gasteiger partial charge is 0.0587 e. The molecule has 1 aliphatic heterocycles. The third-order valence-electron chi connectivity index (χ3n) is 3.95. The van der Waals surface area contributed by atoms with E-state index in [1.807, 2.05) is 0 Å². The molecule has 3 nitrogen and oxygen atoms in total. The maximum absolute atomic E-state index is 5.08. The summed E-state index contributed by atoms with van der Waals surface area (Å²) in [6.07, 6.45) is 3.96. The number of hydrogen-bond donors (Lipinski definition) is 1. The molecule has 20 heavy (non-hydrogen) atoms. The number of ether oxygens (including phenoxy) is 1. The lowest BCUT2D eigenvalue weighted by molar-refractivity contribution is 0.199. The van der Waals surface area contributed by atoms with E-state index in [9.17, 15) is 0 Å². The molecule has 0 spiro atoms. The summed E-state index contributed by atoms with van der Waals surface area (Å²) >= 11 is 3.59. The van der Waals surface area contributed by atoms with Crippen LogP contribution in [0.25, 0.3) is 0 Å². The molecule has 1 aromatic rings. The second kappa shape index (κ2) is 8.01. The lowest BCUT2D eigenvalue weighted by Crippen LogP contribution is -2.38. The van der Waals surface area contributed by atoms with Crippen molar-refractivity contribution in [3.05, 3.63) is 28.2 Å². The second-order valence-corrected chi connectivity index (χ2v) is 6.40. The topological polar surface area (TPSA) is 24.5 Å². The Morgan fingerprint density at radius 3 is 3.00 bits per heavy atom. The van der Waals surface area contributed by atoms with Gasteiger partial charge in [-0.15, -0.1) is 0 Å². The first-order chi connectivity index (χ1) is 9.72. The highest BCUT2D eigenvalue weighted by Gasteiger charge is 2.20. The summed E-state index contributed by atoms with van der Waals surface area (Å²) < 4.78 is 6.23. The van der Waals surface area contributed by atoms with Gasteiger partial charge >= 0.3 is 0 Å². The summed E-state index contributed by atoms with van der Waals surface area (Å²) in [5, 5.41) is 3.45. The van der Waals surface area contributed by atoms with Crippen LogP contribution in [0.1, 0.15) is 31.7 Å². The summed E-state index contributed by atoms with van der Waals surface area (Å²) in [4.78, 5) is 2.56. The van der Waals surface area contributed by atoms with Crippen LogP contribution in [0.2, 0.25) is 0 Å². The maximum Gasteiger partial charge on any atom is 0.0587 e. The van der Waals surface area contributed by atoms with Crippen molar-refractivity contribution in [3.8, 4) is 0 Å². The van der Waals surface area contributed by atoms with Crippen LogP contribution in [0.5, 0.6) is 0 Å². The maximum atomic E-state index is 5.08. The Morgan fingerprint density at radius 1 is 1.40 bits per heavy atom. The fourth-order valence-corrected chi connectivity index (χ4v) is 3.24. The molecule has 1 N–H and O–H groups in total. The third-order valence-corrected chi connectivity index (χ3v) is 4.45. The number of methoxy groups -OCH3 is 1. The van der Waals surface area contributed by atoms with Crippen LogP contribution < -0.4 is 10.2 Å². The summed E-state index contributed by atoms with van der Waals surface area (Å²) in [5.74, 6) is 0. The van der Waals surface area contributed by atoms with E-state index in [4.69, 9.17) is 4.74 Å². The number of nitrogens with one attached hydrogen (secondary N) is 1. The number of piperidine rings is 1. The Hall–Kier alpha value is -0.580. The highest BCUT2D eigenvalue weighted by molar-refractivity contribution is 9.10. The molecule has 1 aromatic carbocycles. The first-order valence-electron chi connectivity index (χ1n) is 7.47. The van der Waals surface area contributed by atoms with Gasteiger partial charge in [-0.1, -0.05) is 15.9 Å². The van der Waals surface area contributed by atoms with Crippen molar-refractivity contribution in [2.45, 2.75) is 38.8 Å². The largest absolute Gasteiger partial charge is 0.383 e. The van der Waals surface area contributed by atoms with Crippen molar-refractivity contribution in [2.24, 2.45) is 0 Å². The van der Waals surface area contributed by atoms with Crippen molar-refractivity contribution >= 4 is 21.6 Å². The van der Waals surface area contributed by atoms with Crippen LogP contribution in [-0.4, -0.2) is 32.8 Å². The summed E-state index contributed by atoms with van der Waals surface area (Å²) in [7, 11) is 1.74. The number of halogens is 1. The molecule has 1 atom stereocenters. The quantitative estimate of drug-likeness (QED) is 0.801. The molecule has 1 heterocycles. The molecule has 1 saturated heterocycles. The SMILES string of the molecule is COCCNCc1cc(Br)ccc1N1CCCCC1C. The molecule has 0 radical (unpaired) electrons. The van der Waals surface area contributed by atoms with Crippen LogP contribution in [0.3, 0.4) is 0 Å². The fourth-order valence-electron chi connectivity index (χ4n) is 2.83. The van der Waals surface area contributed by atoms with E-state index in [-0.39, 0.29) is 0 Å². The van der Waals surface area contributed by atoms with Crippen molar-refractivity contribution in [3.63, 3.8) is 0 Å². The van der Waals surface area contributed by atoms with Gasteiger partial charge in [-0.2, -0.15) is 0 Å². The van der Waals surface area contributed by atoms with Crippen molar-refractivity contribution < 1.29 is 4.74 Å². The standard InChI is InChI=1S/C16H25BrN2O/c1-13-5-3-4-9-19(13)16-7-6-15(17)11-14(16)12-18-8-10-20-2/h6-7,11,13,18H,3-5,8-10,12H2,1-2H3. The molecular formula is C16H25BrN2O. The van der Waals surface area contributed by atoms with E-state index in [1.165, 1.54) is 37.1 Å². The zero-order chi connectivity index (χ0) is 14.4. The number of benzene rings is 1. The number of anilines is 1. The van der Waals surface area contributed by atoms with Gasteiger partial charge in [0.05, 0.1) is 6.61 Å². The Bertz CT molecular complexity index is 425. The molecule has 112 valence electrons. The normalized spacial score (nSPS) is 19.4. The van der Waals surface area contributed by atoms with Gasteiger partial charge in [-0.25, -0.2) is 0 Å². The molecule has 2 rings (SSSR count). The van der Waals surface area contributed by atoms with Crippen LogP contribution in [0.15, 0.2) is 22.7 Å². The van der Waals surface area contributed by atoms with Crippen LogP contribution in [-0.2, 0) is 11.3 Å². The van der Waals surface area contributed by atoms with E-state index >= 15 is 0 Å². The molecule has 0 bridgehead atoms. The summed E-state index contributed by atoms with van der Waals surface area (Å²) in [6, 6.07) is 7.27. The average Bonchev–Trinajstić information content (AvgIpc) is 2.45.